The second-order valence-corrected chi connectivity index (χ2v) is 6.27. The first-order valence-electron chi connectivity index (χ1n) is 6.74. The summed E-state index contributed by atoms with van der Waals surface area (Å²) < 4.78 is 11.3. The van der Waals surface area contributed by atoms with Crippen LogP contribution >= 0.6 is 0 Å². The Bertz CT molecular complexity index is 425. The molecule has 108 valence electrons. The highest BCUT2D eigenvalue weighted by atomic mass is 32.2. The topological polar surface area (TPSA) is 66.9 Å². The molecule has 1 aromatic rings. The Morgan fingerprint density at radius 1 is 1.26 bits per heavy atom. The average Bonchev–Trinajstić information content (AvgIpc) is 2.38. The van der Waals surface area contributed by atoms with E-state index in [0.717, 1.165) is 43.4 Å². The molecular weight excluding hydrogens is 260 g/mol. The van der Waals surface area contributed by atoms with E-state index in [1.54, 1.807) is 6.26 Å². The molecule has 2 atom stereocenters. The van der Waals surface area contributed by atoms with Crippen LogP contribution in [0, 0.1) is 0 Å². The molecule has 5 nitrogen and oxygen atoms in total. The van der Waals surface area contributed by atoms with Crippen LogP contribution in [0.3, 0.4) is 0 Å². The highest BCUT2D eigenvalue weighted by Crippen LogP contribution is 2.12. The van der Waals surface area contributed by atoms with Gasteiger partial charge in [-0.15, -0.1) is 0 Å². The minimum Gasteiger partial charge on any atom is -0.370 e. The summed E-state index contributed by atoms with van der Waals surface area (Å²) in [5, 5.41) is 6.68. The Labute approximate surface area is 118 Å². The third-order valence-electron chi connectivity index (χ3n) is 2.87. The number of hydrogen-bond donors (Lipinski definition) is 2. The fraction of sp³-hybridized carbons (Fsp3) is 0.692. The number of hydrogen-bond acceptors (Lipinski definition) is 5. The van der Waals surface area contributed by atoms with Crippen molar-refractivity contribution in [1.82, 2.24) is 9.97 Å². The molecule has 0 aliphatic heterocycles. The molecular formula is C13H24N4OS. The van der Waals surface area contributed by atoms with E-state index in [2.05, 4.69) is 20.6 Å². The Morgan fingerprint density at radius 3 is 2.42 bits per heavy atom. The van der Waals surface area contributed by atoms with Crippen molar-refractivity contribution < 1.29 is 4.21 Å². The summed E-state index contributed by atoms with van der Waals surface area (Å²) >= 11 is 0. The normalized spacial score (nSPS) is 13.9. The molecule has 0 fully saturated rings. The van der Waals surface area contributed by atoms with Gasteiger partial charge < -0.3 is 10.6 Å². The first-order chi connectivity index (χ1) is 9.06. The first-order valence-corrected chi connectivity index (χ1v) is 8.36. The van der Waals surface area contributed by atoms with Crippen LogP contribution in [0.4, 0.5) is 11.6 Å². The second-order valence-electron chi connectivity index (χ2n) is 4.46. The quantitative estimate of drug-likeness (QED) is 0.764. The lowest BCUT2D eigenvalue weighted by Crippen LogP contribution is -2.16. The molecule has 0 saturated carbocycles. The molecule has 0 amide bonds. The third-order valence-corrected chi connectivity index (χ3v) is 4.24. The fourth-order valence-electron chi connectivity index (χ4n) is 1.59. The summed E-state index contributed by atoms with van der Waals surface area (Å²) in [6, 6.07) is 1.91. The van der Waals surface area contributed by atoms with E-state index in [9.17, 15) is 4.21 Å². The van der Waals surface area contributed by atoms with Crippen LogP contribution in [0.15, 0.2) is 6.07 Å². The second kappa shape index (κ2) is 8.09. The van der Waals surface area contributed by atoms with E-state index in [4.69, 9.17) is 0 Å². The Morgan fingerprint density at radius 2 is 1.89 bits per heavy atom. The van der Waals surface area contributed by atoms with Gasteiger partial charge in [-0.1, -0.05) is 13.8 Å². The highest BCUT2D eigenvalue weighted by Gasteiger charge is 2.07. The maximum Gasteiger partial charge on any atom is 0.132 e. The fourth-order valence-corrected chi connectivity index (χ4v) is 2.04. The van der Waals surface area contributed by atoms with Gasteiger partial charge in [0.2, 0.25) is 0 Å². The minimum atomic E-state index is -0.767. The molecule has 1 aromatic heterocycles. The van der Waals surface area contributed by atoms with Crippen LogP contribution < -0.4 is 10.6 Å². The number of anilines is 2. The van der Waals surface area contributed by atoms with Crippen molar-refractivity contribution >= 4 is 22.4 Å². The highest BCUT2D eigenvalue weighted by molar-refractivity contribution is 7.84. The molecule has 0 aliphatic carbocycles. The zero-order chi connectivity index (χ0) is 14.3. The summed E-state index contributed by atoms with van der Waals surface area (Å²) in [7, 11) is -0.767. The molecule has 2 N–H and O–H groups in total. The first kappa shape index (κ1) is 15.9. The minimum absolute atomic E-state index is 0.202. The maximum atomic E-state index is 11.3. The van der Waals surface area contributed by atoms with Gasteiger partial charge in [0.05, 0.1) is 0 Å². The number of aryl methyl sites for hydroxylation is 1. The Hall–Kier alpha value is -1.17. The Kier molecular flexibility index (Phi) is 6.77. The summed E-state index contributed by atoms with van der Waals surface area (Å²) in [5.41, 5.74) is 0. The molecule has 2 unspecified atom stereocenters. The molecule has 0 aromatic carbocycles. The number of nitrogens with one attached hydrogen (secondary N) is 2. The van der Waals surface area contributed by atoms with E-state index >= 15 is 0 Å². The number of rotatable bonds is 8. The zero-order valence-corrected chi connectivity index (χ0v) is 13.0. The summed E-state index contributed by atoms with van der Waals surface area (Å²) in [6.07, 6.45) is 3.42. The lowest BCUT2D eigenvalue weighted by Gasteiger charge is -2.12. The van der Waals surface area contributed by atoms with Gasteiger partial charge in [0.25, 0.3) is 0 Å². The van der Waals surface area contributed by atoms with Crippen molar-refractivity contribution in [3.05, 3.63) is 11.9 Å². The van der Waals surface area contributed by atoms with Crippen molar-refractivity contribution in [3.63, 3.8) is 0 Å². The van der Waals surface area contributed by atoms with Crippen LogP contribution in [-0.2, 0) is 17.2 Å². The summed E-state index contributed by atoms with van der Waals surface area (Å²) in [6.45, 7) is 7.69. The SMILES string of the molecule is CCNc1cc(NCCC(C)S(C)=O)nc(CC)n1. The monoisotopic (exact) mass is 284 g/mol. The van der Waals surface area contributed by atoms with E-state index < -0.39 is 10.8 Å². The van der Waals surface area contributed by atoms with Crippen molar-refractivity contribution in [2.24, 2.45) is 0 Å². The number of aromatic nitrogens is 2. The average molecular weight is 284 g/mol. The largest absolute Gasteiger partial charge is 0.370 e. The summed E-state index contributed by atoms with van der Waals surface area (Å²) in [4.78, 5) is 8.84. The van der Waals surface area contributed by atoms with Crippen molar-refractivity contribution in [3.8, 4) is 0 Å². The van der Waals surface area contributed by atoms with E-state index in [-0.39, 0.29) is 5.25 Å². The van der Waals surface area contributed by atoms with Gasteiger partial charge in [-0.25, -0.2) is 9.97 Å². The Balaban J connectivity index is 2.61. The third kappa shape index (κ3) is 5.55. The molecule has 6 heteroatoms. The molecule has 0 radical (unpaired) electrons. The molecule has 0 saturated heterocycles. The van der Waals surface area contributed by atoms with Crippen LogP contribution in [0.2, 0.25) is 0 Å². The molecule has 1 heterocycles. The van der Waals surface area contributed by atoms with Crippen LogP contribution in [0.5, 0.6) is 0 Å². The predicted octanol–water partition coefficient (Wildman–Crippen LogP) is 2.04. The molecule has 0 aliphatic rings. The lowest BCUT2D eigenvalue weighted by molar-refractivity contribution is 0.672. The standard InChI is InChI=1S/C13H24N4OS/c1-5-11-16-12(14-6-2)9-13(17-11)15-8-7-10(3)19(4)18/h9-10H,5-8H2,1-4H3,(H2,14,15,16,17). The van der Waals surface area contributed by atoms with E-state index in [1.807, 2.05) is 26.8 Å². The van der Waals surface area contributed by atoms with Crippen LogP contribution in [0.1, 0.15) is 33.0 Å². The van der Waals surface area contributed by atoms with Gasteiger partial charge >= 0.3 is 0 Å². The van der Waals surface area contributed by atoms with Crippen molar-refractivity contribution in [2.75, 3.05) is 30.0 Å². The maximum absolute atomic E-state index is 11.3. The zero-order valence-electron chi connectivity index (χ0n) is 12.2. The predicted molar refractivity (Wildman–Crippen MR) is 82.2 cm³/mol. The smallest absolute Gasteiger partial charge is 0.132 e. The lowest BCUT2D eigenvalue weighted by atomic mass is 10.3. The van der Waals surface area contributed by atoms with Crippen molar-refractivity contribution in [2.45, 2.75) is 38.9 Å². The molecule has 19 heavy (non-hydrogen) atoms. The van der Waals surface area contributed by atoms with E-state index in [1.165, 1.54) is 0 Å². The van der Waals surface area contributed by atoms with Crippen molar-refractivity contribution in [1.29, 1.82) is 0 Å². The number of nitrogens with zero attached hydrogens (tertiary/aromatic N) is 2. The van der Waals surface area contributed by atoms with Gasteiger partial charge in [0.15, 0.2) is 0 Å². The summed E-state index contributed by atoms with van der Waals surface area (Å²) in [5.74, 6) is 2.51. The van der Waals surface area contributed by atoms with E-state index in [0.29, 0.717) is 0 Å². The van der Waals surface area contributed by atoms with Gasteiger partial charge in [-0.3, -0.25) is 4.21 Å². The van der Waals surface area contributed by atoms with Gasteiger partial charge in [0, 0.05) is 47.9 Å². The van der Waals surface area contributed by atoms with Gasteiger partial charge in [-0.2, -0.15) is 0 Å². The van der Waals surface area contributed by atoms with Gasteiger partial charge in [0.1, 0.15) is 17.5 Å². The van der Waals surface area contributed by atoms with Crippen LogP contribution in [0.25, 0.3) is 0 Å². The van der Waals surface area contributed by atoms with Gasteiger partial charge in [-0.05, 0) is 13.3 Å². The molecule has 0 spiro atoms. The molecule has 1 rings (SSSR count). The van der Waals surface area contributed by atoms with Crippen LogP contribution in [-0.4, -0.2) is 38.8 Å². The molecule has 0 bridgehead atoms.